The number of aliphatic hydroxyl groups excluding tert-OH is 1. The average molecular weight is 395 g/mol. The number of hydrogen-bond acceptors (Lipinski definition) is 6. The fourth-order valence-electron chi connectivity index (χ4n) is 2.85. The van der Waals surface area contributed by atoms with Crippen molar-refractivity contribution in [2.24, 2.45) is 5.73 Å². The highest BCUT2D eigenvalue weighted by Crippen LogP contribution is 2.30. The van der Waals surface area contributed by atoms with E-state index in [-0.39, 0.29) is 31.1 Å². The van der Waals surface area contributed by atoms with Gasteiger partial charge in [0.05, 0.1) is 35.8 Å². The molecule has 0 saturated carbocycles. The monoisotopic (exact) mass is 395 g/mol. The number of carbonyl (C=O) groups is 1. The molecule has 0 aliphatic carbocycles. The Morgan fingerprint density at radius 1 is 1.35 bits per heavy atom. The van der Waals surface area contributed by atoms with Gasteiger partial charge in [-0.1, -0.05) is 6.07 Å². The summed E-state index contributed by atoms with van der Waals surface area (Å²) in [6, 6.07) is 3.39. The summed E-state index contributed by atoms with van der Waals surface area (Å²) in [7, 11) is -3.41. The van der Waals surface area contributed by atoms with Crippen molar-refractivity contribution in [3.05, 3.63) is 29.8 Å². The van der Waals surface area contributed by atoms with Gasteiger partial charge in [-0.2, -0.15) is 13.2 Å². The van der Waals surface area contributed by atoms with Crippen LogP contribution in [0.2, 0.25) is 0 Å². The minimum atomic E-state index is -4.53. The maximum Gasteiger partial charge on any atom is 0.416 e. The predicted molar refractivity (Wildman–Crippen MR) is 89.1 cm³/mol. The fourth-order valence-corrected chi connectivity index (χ4v) is 4.68. The van der Waals surface area contributed by atoms with E-state index in [1.165, 1.54) is 17.0 Å². The van der Waals surface area contributed by atoms with Crippen molar-refractivity contribution in [1.29, 1.82) is 0 Å². The highest BCUT2D eigenvalue weighted by atomic mass is 32.2. The lowest BCUT2D eigenvalue weighted by atomic mass is 10.1. The number of anilines is 1. The molecule has 1 amide bonds. The van der Waals surface area contributed by atoms with Crippen molar-refractivity contribution in [1.82, 2.24) is 4.90 Å². The molecule has 1 aliphatic heterocycles. The van der Waals surface area contributed by atoms with E-state index in [2.05, 4.69) is 5.32 Å². The maximum absolute atomic E-state index is 12.7. The number of alkyl halides is 3. The number of benzene rings is 1. The molecule has 1 aromatic carbocycles. The number of hydrogen-bond donors (Lipinski definition) is 3. The third-order valence-electron chi connectivity index (χ3n) is 4.00. The van der Waals surface area contributed by atoms with E-state index >= 15 is 0 Å². The highest BCUT2D eigenvalue weighted by Gasteiger charge is 2.40. The number of nitrogens with two attached hydrogens (primary N) is 1. The minimum Gasteiger partial charge on any atom is -0.390 e. The van der Waals surface area contributed by atoms with E-state index in [0.29, 0.717) is 0 Å². The van der Waals surface area contributed by atoms with Gasteiger partial charge in [0.15, 0.2) is 9.84 Å². The third kappa shape index (κ3) is 5.40. The Bertz CT molecular complexity index is 755. The topological polar surface area (TPSA) is 113 Å². The van der Waals surface area contributed by atoms with E-state index in [0.717, 1.165) is 12.1 Å². The molecule has 26 heavy (non-hydrogen) atoms. The van der Waals surface area contributed by atoms with Gasteiger partial charge in [0.1, 0.15) is 0 Å². The quantitative estimate of drug-likeness (QED) is 0.628. The molecule has 0 spiro atoms. The first-order valence-electron chi connectivity index (χ1n) is 7.81. The number of carbonyl (C=O) groups excluding carboxylic acids is 1. The van der Waals surface area contributed by atoms with E-state index < -0.39 is 45.4 Å². The Hall–Kier alpha value is -1.69. The average Bonchev–Trinajstić information content (AvgIpc) is 2.79. The molecule has 2 atom stereocenters. The molecule has 146 valence electrons. The smallest absolute Gasteiger partial charge is 0.390 e. The molecule has 7 nitrogen and oxygen atoms in total. The number of aliphatic hydroxyl groups is 1. The van der Waals surface area contributed by atoms with Crippen LogP contribution in [0.5, 0.6) is 0 Å². The van der Waals surface area contributed by atoms with Crippen LogP contribution in [0.15, 0.2) is 24.3 Å². The molecular weight excluding hydrogens is 375 g/mol. The molecule has 11 heteroatoms. The first kappa shape index (κ1) is 20.6. The van der Waals surface area contributed by atoms with Gasteiger partial charge in [-0.3, -0.25) is 9.69 Å². The molecule has 0 bridgehead atoms. The Morgan fingerprint density at radius 2 is 2.04 bits per heavy atom. The molecular formula is C15H20F3N3O4S. The van der Waals surface area contributed by atoms with E-state index in [4.69, 9.17) is 5.73 Å². The Balaban J connectivity index is 2.07. The number of nitrogens with zero attached hydrogens (tertiary/aromatic N) is 1. The minimum absolute atomic E-state index is 0.0304. The van der Waals surface area contributed by atoms with Crippen LogP contribution >= 0.6 is 0 Å². The second kappa shape index (κ2) is 7.91. The van der Waals surface area contributed by atoms with Gasteiger partial charge in [-0.15, -0.1) is 0 Å². The Morgan fingerprint density at radius 3 is 2.58 bits per heavy atom. The first-order chi connectivity index (χ1) is 12.0. The highest BCUT2D eigenvalue weighted by molar-refractivity contribution is 7.91. The number of sulfone groups is 1. The molecule has 0 radical (unpaired) electrons. The van der Waals surface area contributed by atoms with Gasteiger partial charge in [0.25, 0.3) is 0 Å². The van der Waals surface area contributed by atoms with Crippen LogP contribution < -0.4 is 11.1 Å². The molecule has 4 N–H and O–H groups in total. The summed E-state index contributed by atoms with van der Waals surface area (Å²) in [4.78, 5) is 13.6. The van der Waals surface area contributed by atoms with Crippen molar-refractivity contribution in [2.45, 2.75) is 18.3 Å². The van der Waals surface area contributed by atoms with Crippen LogP contribution in [-0.4, -0.2) is 67.6 Å². The SMILES string of the molecule is NCCN(CC(=O)Nc1cccc(C(F)(F)F)c1)C1CS(=O)(=O)CC1O. The van der Waals surface area contributed by atoms with Gasteiger partial charge in [0.2, 0.25) is 5.91 Å². The van der Waals surface area contributed by atoms with Gasteiger partial charge >= 0.3 is 6.18 Å². The van der Waals surface area contributed by atoms with Gasteiger partial charge in [-0.05, 0) is 18.2 Å². The van der Waals surface area contributed by atoms with E-state index in [1.807, 2.05) is 0 Å². The Labute approximate surface area is 148 Å². The van der Waals surface area contributed by atoms with Crippen molar-refractivity contribution in [3.63, 3.8) is 0 Å². The van der Waals surface area contributed by atoms with E-state index in [9.17, 15) is 31.5 Å². The summed E-state index contributed by atoms with van der Waals surface area (Å²) in [6.45, 7) is -0.0158. The summed E-state index contributed by atoms with van der Waals surface area (Å²) in [5.41, 5.74) is 4.55. The second-order valence-corrected chi connectivity index (χ2v) is 8.25. The third-order valence-corrected chi connectivity index (χ3v) is 5.70. The second-order valence-electron chi connectivity index (χ2n) is 6.10. The molecule has 0 aromatic heterocycles. The maximum atomic E-state index is 12.7. The normalized spacial score (nSPS) is 22.5. The number of halogens is 3. The van der Waals surface area contributed by atoms with Crippen molar-refractivity contribution < 1.29 is 31.5 Å². The van der Waals surface area contributed by atoms with E-state index in [1.54, 1.807) is 0 Å². The standard InChI is InChI=1S/C15H20F3N3O4S/c16-15(17,18)10-2-1-3-11(6-10)20-14(23)7-21(5-4-19)12-8-26(24,25)9-13(12)22/h1-3,6,12-13,22H,4-5,7-9,19H2,(H,20,23). The predicted octanol–water partition coefficient (Wildman–Crippen LogP) is 0.0625. The summed E-state index contributed by atoms with van der Waals surface area (Å²) < 4.78 is 61.4. The number of rotatable bonds is 6. The largest absolute Gasteiger partial charge is 0.416 e. The summed E-state index contributed by atoms with van der Waals surface area (Å²) in [5, 5.41) is 12.3. The van der Waals surface area contributed by atoms with Crippen molar-refractivity contribution in [2.75, 3.05) is 36.5 Å². The molecule has 2 unspecified atom stereocenters. The van der Waals surface area contributed by atoms with Crippen LogP contribution in [0.1, 0.15) is 5.56 Å². The van der Waals surface area contributed by atoms with Crippen LogP contribution in [0, 0.1) is 0 Å². The van der Waals surface area contributed by atoms with Crippen molar-refractivity contribution >= 4 is 21.4 Å². The van der Waals surface area contributed by atoms with Gasteiger partial charge in [0, 0.05) is 18.8 Å². The molecule has 1 aliphatic rings. The number of nitrogens with one attached hydrogen (secondary N) is 1. The van der Waals surface area contributed by atoms with Crippen LogP contribution in [-0.2, 0) is 20.8 Å². The lowest BCUT2D eigenvalue weighted by Gasteiger charge is -2.29. The number of amides is 1. The van der Waals surface area contributed by atoms with Gasteiger partial charge < -0.3 is 16.2 Å². The molecule has 1 heterocycles. The lowest BCUT2D eigenvalue weighted by Crippen LogP contribution is -2.48. The van der Waals surface area contributed by atoms with Crippen LogP contribution in [0.3, 0.4) is 0 Å². The zero-order valence-electron chi connectivity index (χ0n) is 13.7. The van der Waals surface area contributed by atoms with Gasteiger partial charge in [-0.25, -0.2) is 8.42 Å². The van der Waals surface area contributed by atoms with Crippen molar-refractivity contribution in [3.8, 4) is 0 Å². The lowest BCUT2D eigenvalue weighted by molar-refractivity contribution is -0.137. The van der Waals surface area contributed by atoms with Crippen LogP contribution in [0.4, 0.5) is 18.9 Å². The first-order valence-corrected chi connectivity index (χ1v) is 9.63. The zero-order chi connectivity index (χ0) is 19.5. The molecule has 2 rings (SSSR count). The summed E-state index contributed by atoms with van der Waals surface area (Å²) in [5.74, 6) is -1.33. The van der Waals surface area contributed by atoms with Crippen LogP contribution in [0.25, 0.3) is 0 Å². The molecule has 1 saturated heterocycles. The summed E-state index contributed by atoms with van der Waals surface area (Å²) >= 11 is 0. The zero-order valence-corrected chi connectivity index (χ0v) is 14.6. The molecule has 1 fully saturated rings. The summed E-state index contributed by atoms with van der Waals surface area (Å²) in [6.07, 6.45) is -5.68. The Kier molecular flexibility index (Phi) is 6.27. The molecule has 1 aromatic rings. The fraction of sp³-hybridized carbons (Fsp3) is 0.533.